The van der Waals surface area contributed by atoms with E-state index in [-0.39, 0.29) is 32.7 Å². The molecule has 0 fully saturated rings. The van der Waals surface area contributed by atoms with Crippen molar-refractivity contribution in [3.05, 3.63) is 81.2 Å². The van der Waals surface area contributed by atoms with Gasteiger partial charge in [-0.2, -0.15) is 0 Å². The van der Waals surface area contributed by atoms with Crippen LogP contribution in [-0.2, 0) is 16.6 Å². The average molecular weight is 475 g/mol. The monoisotopic (exact) mass is 473 g/mol. The molecule has 0 saturated carbocycles. The van der Waals surface area contributed by atoms with E-state index in [0.29, 0.717) is 10.8 Å². The number of nitrogens with one attached hydrogen (secondary N) is 3. The molecule has 3 rings (SSSR count). The van der Waals surface area contributed by atoms with Crippen LogP contribution in [0.5, 0.6) is 0 Å². The van der Waals surface area contributed by atoms with E-state index in [2.05, 4.69) is 15.6 Å². The number of hydrogen-bond acceptors (Lipinski definition) is 5. The van der Waals surface area contributed by atoms with Crippen LogP contribution in [-0.4, -0.2) is 14.3 Å². The van der Waals surface area contributed by atoms with Gasteiger partial charge in [-0.3, -0.25) is 15.6 Å². The summed E-state index contributed by atoms with van der Waals surface area (Å²) < 4.78 is 32.1. The van der Waals surface area contributed by atoms with Gasteiger partial charge in [0, 0.05) is 10.6 Å². The van der Waals surface area contributed by atoms with Crippen molar-refractivity contribution in [2.75, 3.05) is 5.43 Å². The summed E-state index contributed by atoms with van der Waals surface area (Å²) in [6.45, 7) is 0.0180. The predicted molar refractivity (Wildman–Crippen MR) is 112 cm³/mol. The smallest absolute Gasteiger partial charge is 0.269 e. The van der Waals surface area contributed by atoms with Crippen LogP contribution in [0.25, 0.3) is 0 Å². The molecule has 0 spiro atoms. The van der Waals surface area contributed by atoms with Crippen LogP contribution in [0.2, 0.25) is 15.1 Å². The standard InChI is InChI=1S/C18H14Cl3N3O4S/c19-12-8-15(20)17(16(21)9-12)23-24-18(25)11-3-5-14(6-4-11)29(26,27)22-10-13-2-1-7-28-13/h1-9,22-23H,10H2,(H,24,25). The van der Waals surface area contributed by atoms with Crippen molar-refractivity contribution in [2.24, 2.45) is 0 Å². The Morgan fingerprint density at radius 1 is 1.00 bits per heavy atom. The molecule has 0 aliphatic rings. The number of halogens is 3. The second-order valence-electron chi connectivity index (χ2n) is 5.75. The first kappa shape index (κ1) is 21.5. The van der Waals surface area contributed by atoms with E-state index in [9.17, 15) is 13.2 Å². The molecule has 1 amide bonds. The minimum Gasteiger partial charge on any atom is -0.468 e. The maximum absolute atomic E-state index is 12.3. The van der Waals surface area contributed by atoms with Crippen molar-refractivity contribution >= 4 is 56.4 Å². The Labute approximate surface area is 182 Å². The molecule has 7 nitrogen and oxygen atoms in total. The Bertz CT molecular complexity index is 1090. The number of hydrazine groups is 1. The van der Waals surface area contributed by atoms with Gasteiger partial charge in [0.1, 0.15) is 5.76 Å². The molecule has 1 aromatic heterocycles. The highest BCUT2D eigenvalue weighted by Crippen LogP contribution is 2.33. The summed E-state index contributed by atoms with van der Waals surface area (Å²) >= 11 is 17.9. The van der Waals surface area contributed by atoms with Crippen LogP contribution in [0, 0.1) is 0 Å². The van der Waals surface area contributed by atoms with E-state index in [0.717, 1.165) is 0 Å². The Hall–Kier alpha value is -2.23. The first-order valence-electron chi connectivity index (χ1n) is 8.09. The normalized spacial score (nSPS) is 11.3. The number of amides is 1. The largest absolute Gasteiger partial charge is 0.468 e. The summed E-state index contributed by atoms with van der Waals surface area (Å²) in [5.41, 5.74) is 5.57. The third kappa shape index (κ3) is 5.43. The van der Waals surface area contributed by atoms with Crippen molar-refractivity contribution in [3.8, 4) is 0 Å². The highest BCUT2D eigenvalue weighted by atomic mass is 35.5. The summed E-state index contributed by atoms with van der Waals surface area (Å²) in [6, 6.07) is 11.7. The molecular formula is C18H14Cl3N3O4S. The van der Waals surface area contributed by atoms with Crippen LogP contribution in [0.15, 0.2) is 64.1 Å². The predicted octanol–water partition coefficient (Wildman–Crippen LogP) is 4.48. The van der Waals surface area contributed by atoms with E-state index in [1.54, 1.807) is 12.1 Å². The van der Waals surface area contributed by atoms with Crippen LogP contribution < -0.4 is 15.6 Å². The number of carbonyl (C=O) groups excluding carboxylic acids is 1. The van der Waals surface area contributed by atoms with Gasteiger partial charge >= 0.3 is 0 Å². The fourth-order valence-corrected chi connectivity index (χ4v) is 4.21. The SMILES string of the molecule is O=C(NNc1c(Cl)cc(Cl)cc1Cl)c1ccc(S(=O)(=O)NCc2ccco2)cc1. The number of sulfonamides is 1. The van der Waals surface area contributed by atoms with Gasteiger partial charge < -0.3 is 4.42 Å². The maximum atomic E-state index is 12.3. The van der Waals surface area contributed by atoms with Crippen molar-refractivity contribution in [3.63, 3.8) is 0 Å². The number of hydrogen-bond donors (Lipinski definition) is 3. The average Bonchev–Trinajstić information content (AvgIpc) is 3.19. The summed E-state index contributed by atoms with van der Waals surface area (Å²) in [5.74, 6) is -0.0326. The van der Waals surface area contributed by atoms with E-state index >= 15 is 0 Å². The van der Waals surface area contributed by atoms with E-state index in [1.165, 1.54) is 42.7 Å². The molecule has 0 atom stereocenters. The van der Waals surface area contributed by atoms with Crippen LogP contribution in [0.1, 0.15) is 16.1 Å². The minimum atomic E-state index is -3.75. The third-order valence-electron chi connectivity index (χ3n) is 3.75. The third-order valence-corrected chi connectivity index (χ3v) is 5.98. The summed E-state index contributed by atoms with van der Waals surface area (Å²) in [4.78, 5) is 12.3. The molecule has 0 unspecified atom stereocenters. The number of benzene rings is 2. The van der Waals surface area contributed by atoms with Crippen molar-refractivity contribution in [1.82, 2.24) is 10.1 Å². The summed E-state index contributed by atoms with van der Waals surface area (Å²) in [7, 11) is -3.75. The van der Waals surface area contributed by atoms with Crippen molar-refractivity contribution in [2.45, 2.75) is 11.4 Å². The van der Waals surface area contributed by atoms with Gasteiger partial charge in [-0.15, -0.1) is 0 Å². The Morgan fingerprint density at radius 3 is 2.24 bits per heavy atom. The van der Waals surface area contributed by atoms with Gasteiger partial charge in [-0.05, 0) is 48.5 Å². The first-order chi connectivity index (χ1) is 13.8. The van der Waals surface area contributed by atoms with Crippen LogP contribution in [0.4, 0.5) is 5.69 Å². The van der Waals surface area contributed by atoms with Gasteiger partial charge in [0.05, 0.1) is 33.4 Å². The van der Waals surface area contributed by atoms with Crippen molar-refractivity contribution in [1.29, 1.82) is 0 Å². The molecule has 0 bridgehead atoms. The van der Waals surface area contributed by atoms with Crippen LogP contribution >= 0.6 is 34.8 Å². The highest BCUT2D eigenvalue weighted by molar-refractivity contribution is 7.89. The van der Waals surface area contributed by atoms with Crippen molar-refractivity contribution < 1.29 is 17.6 Å². The Morgan fingerprint density at radius 2 is 1.66 bits per heavy atom. The second kappa shape index (κ2) is 9.06. The van der Waals surface area contributed by atoms with Gasteiger partial charge in [0.25, 0.3) is 5.91 Å². The molecule has 29 heavy (non-hydrogen) atoms. The van der Waals surface area contributed by atoms with Gasteiger partial charge in [0.15, 0.2) is 0 Å². The quantitative estimate of drug-likeness (QED) is 0.439. The molecule has 2 aromatic carbocycles. The fraction of sp³-hybridized carbons (Fsp3) is 0.0556. The highest BCUT2D eigenvalue weighted by Gasteiger charge is 2.16. The number of carbonyl (C=O) groups is 1. The summed E-state index contributed by atoms with van der Waals surface area (Å²) in [5, 5.41) is 0.813. The maximum Gasteiger partial charge on any atom is 0.269 e. The molecular weight excluding hydrogens is 461 g/mol. The zero-order chi connectivity index (χ0) is 21.0. The van der Waals surface area contributed by atoms with E-state index in [4.69, 9.17) is 39.2 Å². The van der Waals surface area contributed by atoms with Gasteiger partial charge in [-0.1, -0.05) is 34.8 Å². The lowest BCUT2D eigenvalue weighted by Crippen LogP contribution is -2.29. The molecule has 0 saturated heterocycles. The lowest BCUT2D eigenvalue weighted by molar-refractivity contribution is 0.0962. The molecule has 0 radical (unpaired) electrons. The lowest BCUT2D eigenvalue weighted by atomic mass is 10.2. The fourth-order valence-electron chi connectivity index (χ4n) is 2.30. The Kier molecular flexibility index (Phi) is 6.71. The Balaban J connectivity index is 1.64. The zero-order valence-electron chi connectivity index (χ0n) is 14.6. The molecule has 0 aliphatic heterocycles. The number of furan rings is 1. The zero-order valence-corrected chi connectivity index (χ0v) is 17.7. The molecule has 3 aromatic rings. The second-order valence-corrected chi connectivity index (χ2v) is 8.77. The lowest BCUT2D eigenvalue weighted by Gasteiger charge is -2.12. The molecule has 11 heteroatoms. The molecule has 1 heterocycles. The van der Waals surface area contributed by atoms with Crippen LogP contribution in [0.3, 0.4) is 0 Å². The number of anilines is 1. The minimum absolute atomic E-state index is 0.0114. The topological polar surface area (TPSA) is 100 Å². The van der Waals surface area contributed by atoms with Gasteiger partial charge in [0.2, 0.25) is 10.0 Å². The van der Waals surface area contributed by atoms with E-state index in [1.807, 2.05) is 0 Å². The first-order valence-corrected chi connectivity index (χ1v) is 10.7. The molecule has 3 N–H and O–H groups in total. The summed E-state index contributed by atoms with van der Waals surface area (Å²) in [6.07, 6.45) is 1.45. The number of rotatable bonds is 7. The van der Waals surface area contributed by atoms with E-state index < -0.39 is 15.9 Å². The molecule has 152 valence electrons. The van der Waals surface area contributed by atoms with Gasteiger partial charge in [-0.25, -0.2) is 13.1 Å². The molecule has 0 aliphatic carbocycles.